The third-order valence-electron chi connectivity index (χ3n) is 6.20. The fourth-order valence-electron chi connectivity index (χ4n) is 4.51. The largest absolute Gasteiger partial charge is 0.480 e. The van der Waals surface area contributed by atoms with Gasteiger partial charge in [-0.15, -0.1) is 0 Å². The van der Waals surface area contributed by atoms with Crippen molar-refractivity contribution in [2.45, 2.75) is 18.4 Å². The first-order chi connectivity index (χ1) is 17.4. The average molecular weight is 489 g/mol. The molecular formula is C28H21F2NO5. The number of rotatable bonds is 7. The Kier molecular flexibility index (Phi) is 6.25. The summed E-state index contributed by atoms with van der Waals surface area (Å²) in [5.74, 6) is -2.64. The molecular weight excluding hydrogens is 468 g/mol. The molecule has 0 bridgehead atoms. The molecule has 36 heavy (non-hydrogen) atoms. The van der Waals surface area contributed by atoms with E-state index in [0.717, 1.165) is 34.4 Å². The molecule has 0 spiro atoms. The van der Waals surface area contributed by atoms with Gasteiger partial charge in [-0.05, 0) is 46.5 Å². The van der Waals surface area contributed by atoms with Crippen molar-refractivity contribution in [2.75, 3.05) is 6.61 Å². The second-order valence-corrected chi connectivity index (χ2v) is 8.45. The fourth-order valence-corrected chi connectivity index (χ4v) is 4.51. The minimum absolute atomic E-state index is 0.0408. The lowest BCUT2D eigenvalue weighted by molar-refractivity contribution is -0.139. The highest BCUT2D eigenvalue weighted by Crippen LogP contribution is 2.44. The fraction of sp³-hybridized carbons (Fsp3) is 0.143. The molecule has 1 aromatic heterocycles. The van der Waals surface area contributed by atoms with Gasteiger partial charge in [-0.1, -0.05) is 48.5 Å². The number of aliphatic carboxylic acids is 1. The third-order valence-corrected chi connectivity index (χ3v) is 6.20. The van der Waals surface area contributed by atoms with Crippen LogP contribution >= 0.6 is 0 Å². The van der Waals surface area contributed by atoms with Crippen LogP contribution in [0.2, 0.25) is 0 Å². The molecule has 4 aromatic rings. The molecule has 6 nitrogen and oxygen atoms in total. The van der Waals surface area contributed by atoms with Gasteiger partial charge in [-0.25, -0.2) is 18.4 Å². The SMILES string of the molecule is O=C(NC(Cc1ccc(-c2ccc(F)cc2F)o1)C(=O)O)OCC1c2ccccc2-c2ccccc21. The maximum Gasteiger partial charge on any atom is 0.407 e. The van der Waals surface area contributed by atoms with E-state index >= 15 is 0 Å². The van der Waals surface area contributed by atoms with E-state index in [4.69, 9.17) is 9.15 Å². The van der Waals surface area contributed by atoms with Gasteiger partial charge in [0.2, 0.25) is 0 Å². The summed E-state index contributed by atoms with van der Waals surface area (Å²) in [6, 6.07) is 20.4. The number of hydrogen-bond donors (Lipinski definition) is 2. The van der Waals surface area contributed by atoms with E-state index in [0.29, 0.717) is 0 Å². The summed E-state index contributed by atoms with van der Waals surface area (Å²) in [6.07, 6.45) is -1.07. The van der Waals surface area contributed by atoms with E-state index in [-0.39, 0.29) is 36.0 Å². The van der Waals surface area contributed by atoms with Crippen LogP contribution in [-0.2, 0) is 16.0 Å². The number of carbonyl (C=O) groups is 2. The van der Waals surface area contributed by atoms with Crippen LogP contribution in [0.3, 0.4) is 0 Å². The Morgan fingerprint density at radius 3 is 2.22 bits per heavy atom. The van der Waals surface area contributed by atoms with Crippen LogP contribution in [0.15, 0.2) is 83.3 Å². The lowest BCUT2D eigenvalue weighted by Crippen LogP contribution is -2.42. The van der Waals surface area contributed by atoms with Gasteiger partial charge < -0.3 is 19.6 Å². The normalized spacial score (nSPS) is 13.1. The first kappa shape index (κ1) is 23.3. The van der Waals surface area contributed by atoms with Crippen molar-refractivity contribution in [3.05, 3.63) is 107 Å². The van der Waals surface area contributed by atoms with Gasteiger partial charge in [-0.3, -0.25) is 0 Å². The van der Waals surface area contributed by atoms with Crippen LogP contribution < -0.4 is 5.32 Å². The van der Waals surface area contributed by atoms with E-state index in [9.17, 15) is 23.5 Å². The molecule has 1 atom stereocenters. The summed E-state index contributed by atoms with van der Waals surface area (Å²) in [5, 5.41) is 12.0. The minimum Gasteiger partial charge on any atom is -0.480 e. The number of halogens is 2. The number of furan rings is 1. The van der Waals surface area contributed by atoms with Gasteiger partial charge in [-0.2, -0.15) is 0 Å². The topological polar surface area (TPSA) is 88.8 Å². The molecule has 1 aliphatic rings. The smallest absolute Gasteiger partial charge is 0.407 e. The van der Waals surface area contributed by atoms with Gasteiger partial charge in [0.15, 0.2) is 0 Å². The molecule has 1 amide bonds. The molecule has 2 N–H and O–H groups in total. The Hall–Kier alpha value is -4.46. The summed E-state index contributed by atoms with van der Waals surface area (Å²) in [4.78, 5) is 24.3. The first-order valence-corrected chi connectivity index (χ1v) is 11.3. The van der Waals surface area contributed by atoms with Crippen molar-refractivity contribution in [3.63, 3.8) is 0 Å². The molecule has 0 radical (unpaired) electrons. The van der Waals surface area contributed by atoms with Crippen molar-refractivity contribution in [1.82, 2.24) is 5.32 Å². The summed E-state index contributed by atoms with van der Waals surface area (Å²) < 4.78 is 38.2. The Morgan fingerprint density at radius 2 is 1.58 bits per heavy atom. The molecule has 182 valence electrons. The van der Waals surface area contributed by atoms with E-state index in [2.05, 4.69) is 5.32 Å². The van der Waals surface area contributed by atoms with E-state index < -0.39 is 29.7 Å². The second kappa shape index (κ2) is 9.65. The van der Waals surface area contributed by atoms with Gasteiger partial charge in [0, 0.05) is 18.4 Å². The summed E-state index contributed by atoms with van der Waals surface area (Å²) in [7, 11) is 0. The number of carboxylic acid groups (broad SMARTS) is 1. The zero-order chi connectivity index (χ0) is 25.2. The molecule has 0 fully saturated rings. The van der Waals surface area contributed by atoms with Crippen molar-refractivity contribution < 1.29 is 32.6 Å². The molecule has 3 aromatic carbocycles. The molecule has 8 heteroatoms. The second-order valence-electron chi connectivity index (χ2n) is 8.45. The number of nitrogens with one attached hydrogen (secondary N) is 1. The lowest BCUT2D eigenvalue weighted by atomic mass is 9.98. The number of carbonyl (C=O) groups excluding carboxylic acids is 1. The van der Waals surface area contributed by atoms with Crippen molar-refractivity contribution >= 4 is 12.1 Å². The number of alkyl carbamates (subject to hydrolysis) is 1. The van der Waals surface area contributed by atoms with Gasteiger partial charge in [0.1, 0.15) is 35.8 Å². The number of benzene rings is 3. The zero-order valence-electron chi connectivity index (χ0n) is 18.9. The van der Waals surface area contributed by atoms with Crippen LogP contribution in [0, 0.1) is 11.6 Å². The number of amides is 1. The van der Waals surface area contributed by atoms with Crippen LogP contribution in [0.5, 0.6) is 0 Å². The summed E-state index contributed by atoms with van der Waals surface area (Å²) >= 11 is 0. The van der Waals surface area contributed by atoms with Gasteiger partial charge in [0.25, 0.3) is 0 Å². The van der Waals surface area contributed by atoms with Gasteiger partial charge in [0.05, 0.1) is 5.56 Å². The maximum absolute atomic E-state index is 14.0. The standard InChI is InChI=1S/C28H21F2NO5/c29-16-9-11-22(24(30)13-16)26-12-10-17(36-26)14-25(27(32)33)31-28(34)35-15-23-20-7-3-1-5-18(20)19-6-2-4-8-21(19)23/h1-13,23,25H,14-15H2,(H,31,34)(H,32,33). The molecule has 1 heterocycles. The van der Waals surface area contributed by atoms with Crippen LogP contribution in [-0.4, -0.2) is 29.8 Å². The molecule has 5 rings (SSSR count). The van der Waals surface area contributed by atoms with E-state index in [1.807, 2.05) is 48.5 Å². The quantitative estimate of drug-likeness (QED) is 0.345. The van der Waals surface area contributed by atoms with Crippen molar-refractivity contribution in [3.8, 4) is 22.5 Å². The van der Waals surface area contributed by atoms with E-state index in [1.165, 1.54) is 18.2 Å². The number of ether oxygens (including phenoxy) is 1. The molecule has 0 aliphatic heterocycles. The van der Waals surface area contributed by atoms with Crippen molar-refractivity contribution in [2.24, 2.45) is 0 Å². The Balaban J connectivity index is 1.24. The number of hydrogen-bond acceptors (Lipinski definition) is 4. The molecule has 1 unspecified atom stereocenters. The lowest BCUT2D eigenvalue weighted by Gasteiger charge is -2.17. The highest BCUT2D eigenvalue weighted by Gasteiger charge is 2.30. The van der Waals surface area contributed by atoms with Crippen molar-refractivity contribution in [1.29, 1.82) is 0 Å². The Labute approximate surface area is 205 Å². The number of carboxylic acids is 1. The highest BCUT2D eigenvalue weighted by atomic mass is 19.1. The average Bonchev–Trinajstić information content (AvgIpc) is 3.45. The monoisotopic (exact) mass is 489 g/mol. The predicted molar refractivity (Wildman–Crippen MR) is 127 cm³/mol. The minimum atomic E-state index is -1.34. The van der Waals surface area contributed by atoms with E-state index in [1.54, 1.807) is 0 Å². The Morgan fingerprint density at radius 1 is 0.917 bits per heavy atom. The zero-order valence-corrected chi connectivity index (χ0v) is 18.9. The maximum atomic E-state index is 14.0. The van der Waals surface area contributed by atoms with Crippen LogP contribution in [0.1, 0.15) is 22.8 Å². The summed E-state index contributed by atoms with van der Waals surface area (Å²) in [6.45, 7) is 0.0426. The Bertz CT molecular complexity index is 1400. The van der Waals surface area contributed by atoms with Crippen LogP contribution in [0.4, 0.5) is 13.6 Å². The highest BCUT2D eigenvalue weighted by molar-refractivity contribution is 5.81. The van der Waals surface area contributed by atoms with Crippen LogP contribution in [0.25, 0.3) is 22.5 Å². The first-order valence-electron chi connectivity index (χ1n) is 11.3. The summed E-state index contributed by atoms with van der Waals surface area (Å²) in [5.41, 5.74) is 4.28. The number of fused-ring (bicyclic) bond motifs is 3. The predicted octanol–water partition coefficient (Wildman–Crippen LogP) is 5.76. The van der Waals surface area contributed by atoms with Gasteiger partial charge >= 0.3 is 12.1 Å². The molecule has 0 saturated carbocycles. The molecule has 1 aliphatic carbocycles. The third kappa shape index (κ3) is 4.57. The molecule has 0 saturated heterocycles.